The zero-order valence-electron chi connectivity index (χ0n) is 16.9. The lowest BCUT2D eigenvalue weighted by molar-refractivity contribution is 0.0759. The molecule has 0 saturated carbocycles. The normalized spacial score (nSPS) is 15.5. The maximum atomic E-state index is 12.9. The van der Waals surface area contributed by atoms with Crippen LogP contribution in [0, 0.1) is 5.92 Å². The highest BCUT2D eigenvalue weighted by molar-refractivity contribution is 5.94. The van der Waals surface area contributed by atoms with E-state index in [1.807, 2.05) is 24.3 Å². The molecule has 0 radical (unpaired) electrons. The lowest BCUT2D eigenvalue weighted by Gasteiger charge is -2.23. The number of H-pyrrole nitrogens is 1. The summed E-state index contributed by atoms with van der Waals surface area (Å²) in [5.41, 5.74) is 1.41. The first-order valence-electron chi connectivity index (χ1n) is 9.87. The number of pyridine rings is 1. The number of methoxy groups -OCH3 is 1. The molecule has 1 aliphatic rings. The van der Waals surface area contributed by atoms with E-state index in [-0.39, 0.29) is 17.0 Å². The van der Waals surface area contributed by atoms with Crippen molar-refractivity contribution in [3.8, 4) is 17.0 Å². The van der Waals surface area contributed by atoms with Gasteiger partial charge in [-0.2, -0.15) is 0 Å². The van der Waals surface area contributed by atoms with Crippen LogP contribution in [0.2, 0.25) is 0 Å². The Morgan fingerprint density at radius 3 is 2.46 bits per heavy atom. The van der Waals surface area contributed by atoms with Crippen molar-refractivity contribution < 1.29 is 9.53 Å². The van der Waals surface area contributed by atoms with E-state index < -0.39 is 0 Å². The summed E-state index contributed by atoms with van der Waals surface area (Å²) in [4.78, 5) is 32.5. The van der Waals surface area contributed by atoms with E-state index in [1.165, 1.54) is 0 Å². The number of nitrogens with zero attached hydrogens (tertiary/aromatic N) is 2. The van der Waals surface area contributed by atoms with Gasteiger partial charge in [0.2, 0.25) is 0 Å². The standard InChI is InChI=1S/C22H29N3O3/c1-16(2)15-24-11-4-12-25(14-13-24)22(27)19-9-10-20(23-21(19)26)17-5-7-18(28-3)8-6-17/h5-10,16H,4,11-15H2,1-3H3,(H,23,26). The van der Waals surface area contributed by atoms with Crippen LogP contribution in [0.15, 0.2) is 41.2 Å². The summed E-state index contributed by atoms with van der Waals surface area (Å²) in [5.74, 6) is 1.18. The van der Waals surface area contributed by atoms with Crippen LogP contribution in [0.4, 0.5) is 0 Å². The van der Waals surface area contributed by atoms with Crippen LogP contribution >= 0.6 is 0 Å². The fourth-order valence-electron chi connectivity index (χ4n) is 3.62. The zero-order chi connectivity index (χ0) is 20.1. The van der Waals surface area contributed by atoms with Gasteiger partial charge in [0, 0.05) is 31.9 Å². The highest BCUT2D eigenvalue weighted by Crippen LogP contribution is 2.20. The average Bonchev–Trinajstić information content (AvgIpc) is 2.92. The van der Waals surface area contributed by atoms with Gasteiger partial charge < -0.3 is 19.5 Å². The number of aromatic amines is 1. The predicted octanol–water partition coefficient (Wildman–Crippen LogP) is 2.85. The largest absolute Gasteiger partial charge is 0.497 e. The van der Waals surface area contributed by atoms with E-state index in [2.05, 4.69) is 23.7 Å². The fourth-order valence-corrected chi connectivity index (χ4v) is 3.62. The Hall–Kier alpha value is -2.60. The SMILES string of the molecule is COc1ccc(-c2ccc(C(=O)N3CCCN(CC(C)C)CC3)c(=O)[nH]2)cc1. The minimum Gasteiger partial charge on any atom is -0.497 e. The Kier molecular flexibility index (Phi) is 6.52. The van der Waals surface area contributed by atoms with Gasteiger partial charge in [0.15, 0.2) is 0 Å². The number of ether oxygens (including phenoxy) is 1. The number of hydrogen-bond acceptors (Lipinski definition) is 4. The number of hydrogen-bond donors (Lipinski definition) is 1. The molecule has 1 aromatic heterocycles. The van der Waals surface area contributed by atoms with Crippen LogP contribution < -0.4 is 10.3 Å². The van der Waals surface area contributed by atoms with E-state index in [0.717, 1.165) is 37.4 Å². The van der Waals surface area contributed by atoms with Crippen LogP contribution in [0.3, 0.4) is 0 Å². The molecule has 1 N–H and O–H groups in total. The fraction of sp³-hybridized carbons (Fsp3) is 0.455. The van der Waals surface area contributed by atoms with Gasteiger partial charge in [-0.3, -0.25) is 9.59 Å². The van der Waals surface area contributed by atoms with Crippen molar-refractivity contribution in [1.29, 1.82) is 0 Å². The number of rotatable bonds is 5. The lowest BCUT2D eigenvalue weighted by Crippen LogP contribution is -2.38. The summed E-state index contributed by atoms with van der Waals surface area (Å²) in [5, 5.41) is 0. The predicted molar refractivity (Wildman–Crippen MR) is 111 cm³/mol. The topological polar surface area (TPSA) is 65.6 Å². The molecule has 0 aliphatic carbocycles. The summed E-state index contributed by atoms with van der Waals surface area (Å²) in [6.45, 7) is 8.65. The second kappa shape index (κ2) is 9.06. The number of amides is 1. The van der Waals surface area contributed by atoms with Gasteiger partial charge in [-0.05, 0) is 60.8 Å². The zero-order valence-corrected chi connectivity index (χ0v) is 16.9. The molecule has 1 aliphatic heterocycles. The molecule has 2 heterocycles. The van der Waals surface area contributed by atoms with Crippen LogP contribution in [0.1, 0.15) is 30.6 Å². The van der Waals surface area contributed by atoms with Gasteiger partial charge in [0.1, 0.15) is 11.3 Å². The Balaban J connectivity index is 1.72. The molecule has 1 saturated heterocycles. The maximum Gasteiger partial charge on any atom is 0.261 e. The van der Waals surface area contributed by atoms with Gasteiger partial charge in [-0.25, -0.2) is 0 Å². The number of benzene rings is 1. The molecular formula is C22H29N3O3. The molecule has 6 nitrogen and oxygen atoms in total. The van der Waals surface area contributed by atoms with Gasteiger partial charge in [0.05, 0.1) is 7.11 Å². The second-order valence-corrected chi connectivity index (χ2v) is 7.68. The monoisotopic (exact) mass is 383 g/mol. The summed E-state index contributed by atoms with van der Waals surface area (Å²) >= 11 is 0. The number of nitrogens with one attached hydrogen (secondary N) is 1. The van der Waals surface area contributed by atoms with Crippen molar-refractivity contribution in [3.63, 3.8) is 0 Å². The smallest absolute Gasteiger partial charge is 0.261 e. The molecule has 28 heavy (non-hydrogen) atoms. The minimum absolute atomic E-state index is 0.186. The van der Waals surface area contributed by atoms with Crippen molar-refractivity contribution >= 4 is 5.91 Å². The minimum atomic E-state index is -0.346. The van der Waals surface area contributed by atoms with Crippen LogP contribution in [-0.2, 0) is 0 Å². The van der Waals surface area contributed by atoms with Gasteiger partial charge in [0.25, 0.3) is 11.5 Å². The summed E-state index contributed by atoms with van der Waals surface area (Å²) in [6, 6.07) is 10.9. The third-order valence-electron chi connectivity index (χ3n) is 5.04. The van der Waals surface area contributed by atoms with E-state index in [0.29, 0.717) is 24.7 Å². The Labute approximate surface area is 166 Å². The quantitative estimate of drug-likeness (QED) is 0.862. The van der Waals surface area contributed by atoms with Crippen molar-refractivity contribution in [3.05, 3.63) is 52.3 Å². The maximum absolute atomic E-state index is 12.9. The molecule has 0 bridgehead atoms. The molecule has 0 spiro atoms. The highest BCUT2D eigenvalue weighted by Gasteiger charge is 2.22. The molecule has 2 aromatic rings. The third-order valence-corrected chi connectivity index (χ3v) is 5.04. The Morgan fingerprint density at radius 1 is 1.07 bits per heavy atom. The van der Waals surface area contributed by atoms with Crippen LogP contribution in [-0.4, -0.2) is 60.5 Å². The van der Waals surface area contributed by atoms with Gasteiger partial charge >= 0.3 is 0 Å². The first kappa shape index (κ1) is 20.1. The Bertz CT molecular complexity index is 858. The number of aromatic nitrogens is 1. The third kappa shape index (κ3) is 4.81. The molecule has 6 heteroatoms. The molecule has 0 unspecified atom stereocenters. The Morgan fingerprint density at radius 2 is 1.82 bits per heavy atom. The van der Waals surface area contributed by atoms with Crippen molar-refractivity contribution in [1.82, 2.24) is 14.8 Å². The molecule has 1 aromatic carbocycles. The highest BCUT2D eigenvalue weighted by atomic mass is 16.5. The van der Waals surface area contributed by atoms with Gasteiger partial charge in [-0.1, -0.05) is 13.8 Å². The molecule has 1 amide bonds. The summed E-state index contributed by atoms with van der Waals surface area (Å²) in [7, 11) is 1.61. The van der Waals surface area contributed by atoms with Gasteiger partial charge in [-0.15, -0.1) is 0 Å². The molecular weight excluding hydrogens is 354 g/mol. The van der Waals surface area contributed by atoms with E-state index in [1.54, 1.807) is 24.1 Å². The number of carbonyl (C=O) groups excluding carboxylic acids is 1. The van der Waals surface area contributed by atoms with E-state index in [9.17, 15) is 9.59 Å². The second-order valence-electron chi connectivity index (χ2n) is 7.68. The molecule has 1 fully saturated rings. The first-order valence-corrected chi connectivity index (χ1v) is 9.87. The van der Waals surface area contributed by atoms with E-state index in [4.69, 9.17) is 4.74 Å². The molecule has 3 rings (SSSR count). The molecule has 150 valence electrons. The van der Waals surface area contributed by atoms with Crippen molar-refractivity contribution in [2.24, 2.45) is 5.92 Å². The first-order chi connectivity index (χ1) is 13.5. The summed E-state index contributed by atoms with van der Waals surface area (Å²) < 4.78 is 5.16. The van der Waals surface area contributed by atoms with E-state index >= 15 is 0 Å². The van der Waals surface area contributed by atoms with Crippen LogP contribution in [0.25, 0.3) is 11.3 Å². The van der Waals surface area contributed by atoms with Crippen LogP contribution in [0.5, 0.6) is 5.75 Å². The lowest BCUT2D eigenvalue weighted by atomic mass is 10.1. The molecule has 0 atom stereocenters. The number of carbonyl (C=O) groups is 1. The average molecular weight is 383 g/mol. The van der Waals surface area contributed by atoms with Crippen molar-refractivity contribution in [2.45, 2.75) is 20.3 Å². The van der Waals surface area contributed by atoms with Crippen molar-refractivity contribution in [2.75, 3.05) is 39.8 Å². The summed E-state index contributed by atoms with van der Waals surface area (Å²) in [6.07, 6.45) is 0.931.